The van der Waals surface area contributed by atoms with Crippen molar-refractivity contribution in [1.29, 1.82) is 0 Å². The average Bonchev–Trinajstić information content (AvgIpc) is 3.04. The quantitative estimate of drug-likeness (QED) is 0.143. The number of hydrogen-bond acceptors (Lipinski definition) is 7. The van der Waals surface area contributed by atoms with Gasteiger partial charge in [-0.05, 0) is 59.9 Å². The van der Waals surface area contributed by atoms with Crippen molar-refractivity contribution in [2.75, 3.05) is 28.2 Å². The highest BCUT2D eigenvalue weighted by molar-refractivity contribution is 7.78. The van der Waals surface area contributed by atoms with E-state index in [1.165, 1.54) is 9.80 Å². The van der Waals surface area contributed by atoms with E-state index < -0.39 is 5.41 Å². The molecule has 10 heteroatoms. The van der Waals surface area contributed by atoms with Gasteiger partial charge in [0.05, 0.1) is 5.41 Å². The molecule has 0 heterocycles. The Morgan fingerprint density at radius 2 is 1.45 bits per heavy atom. The second-order valence-corrected chi connectivity index (χ2v) is 8.93. The van der Waals surface area contributed by atoms with Crippen molar-refractivity contribution >= 4 is 30.5 Å². The van der Waals surface area contributed by atoms with Gasteiger partial charge in [0.15, 0.2) is 0 Å². The maximum Gasteiger partial charge on any atom is 0.253 e. The maximum absolute atomic E-state index is 12.7. The van der Waals surface area contributed by atoms with Crippen molar-refractivity contribution in [2.24, 2.45) is 16.7 Å². The van der Waals surface area contributed by atoms with Gasteiger partial charge in [0.2, 0.25) is 0 Å². The molecule has 33 heavy (non-hydrogen) atoms. The number of carbonyl (C=O) groups excluding carboxylic acids is 2. The molecule has 1 atom stereocenters. The van der Waals surface area contributed by atoms with E-state index in [1.807, 2.05) is 31.2 Å². The number of hydrogen-bond donors (Lipinski definition) is 5. The van der Waals surface area contributed by atoms with Crippen molar-refractivity contribution in [3.63, 3.8) is 0 Å². The molecule has 0 fully saturated rings. The summed E-state index contributed by atoms with van der Waals surface area (Å²) in [5, 5.41) is 4.27. The number of nitrogens with one attached hydrogen (secondary N) is 2. The van der Waals surface area contributed by atoms with Crippen LogP contribution in [-0.2, 0) is 5.41 Å². The molecule has 2 aromatic rings. The summed E-state index contributed by atoms with van der Waals surface area (Å²) in [5.41, 5.74) is 12.4. The van der Waals surface area contributed by atoms with Gasteiger partial charge in [-0.3, -0.25) is 9.59 Å². The number of hydrazone groups is 1. The van der Waals surface area contributed by atoms with Gasteiger partial charge < -0.3 is 20.3 Å². The molecule has 0 radical (unpaired) electrons. The molecule has 3 rings (SSSR count). The van der Waals surface area contributed by atoms with Crippen LogP contribution in [0.1, 0.15) is 45.2 Å². The Morgan fingerprint density at radius 3 is 1.79 bits per heavy atom. The molecule has 1 aliphatic rings. The number of thiol groups is 1. The summed E-state index contributed by atoms with van der Waals surface area (Å²) in [7, 11) is 6.83. The topological polar surface area (TPSA) is 129 Å². The first-order chi connectivity index (χ1) is 15.6. The predicted octanol–water partition coefficient (Wildman–Crippen LogP) is 1.31. The van der Waals surface area contributed by atoms with Gasteiger partial charge in [0.1, 0.15) is 5.84 Å². The van der Waals surface area contributed by atoms with Crippen LogP contribution < -0.4 is 21.8 Å². The molecule has 0 aliphatic heterocycles. The van der Waals surface area contributed by atoms with Crippen LogP contribution in [0.2, 0.25) is 0 Å². The van der Waals surface area contributed by atoms with E-state index in [-0.39, 0.29) is 17.9 Å². The van der Waals surface area contributed by atoms with Gasteiger partial charge >= 0.3 is 0 Å². The third-order valence-corrected chi connectivity index (χ3v) is 6.08. The summed E-state index contributed by atoms with van der Waals surface area (Å²) >= 11 is 4.31. The molecule has 176 valence electrons. The second-order valence-electron chi connectivity index (χ2n) is 8.71. The Balaban J connectivity index is 2.40. The largest absolute Gasteiger partial charge is 0.345 e. The van der Waals surface area contributed by atoms with Gasteiger partial charge in [0.25, 0.3) is 11.8 Å². The fraction of sp³-hybridized carbons (Fsp3) is 0.348. The Kier molecular flexibility index (Phi) is 7.01. The highest BCUT2D eigenvalue weighted by atomic mass is 32.1. The number of amidine groups is 1. The Morgan fingerprint density at radius 1 is 1.00 bits per heavy atom. The summed E-state index contributed by atoms with van der Waals surface area (Å²) in [6.07, 6.45) is 0.489. The molecule has 0 saturated heterocycles. The number of carbonyl (C=O) groups is 2. The van der Waals surface area contributed by atoms with E-state index in [4.69, 9.17) is 11.6 Å². The van der Waals surface area contributed by atoms with E-state index in [2.05, 4.69) is 28.2 Å². The first kappa shape index (κ1) is 24.6. The van der Waals surface area contributed by atoms with Crippen molar-refractivity contribution in [2.45, 2.75) is 24.8 Å². The minimum Gasteiger partial charge on any atom is -0.345 e. The van der Waals surface area contributed by atoms with Gasteiger partial charge in [-0.1, -0.05) is 24.9 Å². The highest BCUT2D eigenvalue weighted by Gasteiger charge is 2.48. The molecular formula is C23H31N7O2S. The van der Waals surface area contributed by atoms with Crippen molar-refractivity contribution in [3.05, 3.63) is 58.7 Å². The molecule has 0 unspecified atom stereocenters. The first-order valence-corrected chi connectivity index (χ1v) is 10.9. The minimum atomic E-state index is -0.813. The van der Waals surface area contributed by atoms with Gasteiger partial charge in [-0.25, -0.2) is 11.4 Å². The van der Waals surface area contributed by atoms with E-state index in [0.717, 1.165) is 22.3 Å². The molecule has 6 N–H and O–H groups in total. The van der Waals surface area contributed by atoms with Crippen molar-refractivity contribution < 1.29 is 9.59 Å². The van der Waals surface area contributed by atoms with Crippen LogP contribution in [-0.4, -0.2) is 61.7 Å². The Bertz CT molecular complexity index is 1040. The summed E-state index contributed by atoms with van der Waals surface area (Å²) in [6, 6.07) is 10.9. The standard InChI is InChI=1S/C23H31N7O2S/c1-13(24)12-23(22(27-33)26-28-25)18-8-6-14(20(31)29(2)3)10-16(18)17-11-15(7-9-19(17)23)21(32)30(4)5/h6-11,13,28,33H,12,24-25H2,1-5H3,(H,26,27)/t13-/m0/s1. The fourth-order valence-corrected chi connectivity index (χ4v) is 4.78. The van der Waals surface area contributed by atoms with Crippen molar-refractivity contribution in [1.82, 2.24) is 20.1 Å². The molecule has 9 nitrogen and oxygen atoms in total. The Hall–Kier alpha value is -3.08. The summed E-state index contributed by atoms with van der Waals surface area (Å²) in [5.74, 6) is 5.78. The van der Waals surface area contributed by atoms with Crippen LogP contribution >= 0.6 is 12.8 Å². The lowest BCUT2D eigenvalue weighted by molar-refractivity contribution is 0.0820. The van der Waals surface area contributed by atoms with Crippen LogP contribution in [0.25, 0.3) is 11.1 Å². The zero-order valence-electron chi connectivity index (χ0n) is 19.5. The number of nitrogens with two attached hydrogens (primary N) is 2. The number of rotatable bonds is 6. The average molecular weight is 470 g/mol. The zero-order chi connectivity index (χ0) is 24.5. The molecule has 0 bridgehead atoms. The van der Waals surface area contributed by atoms with Crippen LogP contribution in [0.5, 0.6) is 0 Å². The van der Waals surface area contributed by atoms with Gasteiger partial charge in [-0.15, -0.1) is 5.10 Å². The first-order valence-electron chi connectivity index (χ1n) is 10.5. The SMILES string of the molecule is C[C@H](N)CC1(/C(=N/NN)NS)c2ccc(C(=O)N(C)C)cc2-c2cc(C(=O)N(C)C)ccc21. The smallest absolute Gasteiger partial charge is 0.253 e. The molecule has 1 aliphatic carbocycles. The van der Waals surface area contributed by atoms with E-state index in [1.54, 1.807) is 40.3 Å². The molecule has 0 aromatic heterocycles. The summed E-state index contributed by atoms with van der Waals surface area (Å²) in [4.78, 5) is 28.5. The maximum atomic E-state index is 12.7. The minimum absolute atomic E-state index is 0.116. The third kappa shape index (κ3) is 4.17. The predicted molar refractivity (Wildman–Crippen MR) is 134 cm³/mol. The number of amides is 2. The van der Waals surface area contributed by atoms with E-state index >= 15 is 0 Å². The molecule has 0 spiro atoms. The van der Waals surface area contributed by atoms with Crippen molar-refractivity contribution in [3.8, 4) is 11.1 Å². The lowest BCUT2D eigenvalue weighted by Crippen LogP contribution is -2.46. The number of benzene rings is 2. The van der Waals surface area contributed by atoms with Crippen LogP contribution in [0.4, 0.5) is 0 Å². The fourth-order valence-electron chi connectivity index (χ4n) is 4.54. The van der Waals surface area contributed by atoms with E-state index in [0.29, 0.717) is 23.4 Å². The van der Waals surface area contributed by atoms with Gasteiger partial charge in [0, 0.05) is 45.4 Å². The molecular weight excluding hydrogens is 438 g/mol. The number of nitrogens with zero attached hydrogens (tertiary/aromatic N) is 3. The highest BCUT2D eigenvalue weighted by Crippen LogP contribution is 2.52. The molecule has 2 aromatic carbocycles. The monoisotopic (exact) mass is 469 g/mol. The normalized spacial score (nSPS) is 14.7. The Labute approximate surface area is 199 Å². The summed E-state index contributed by atoms with van der Waals surface area (Å²) in [6.45, 7) is 1.92. The lowest BCUT2D eigenvalue weighted by Gasteiger charge is -2.34. The third-order valence-electron chi connectivity index (χ3n) is 5.87. The summed E-state index contributed by atoms with van der Waals surface area (Å²) < 4.78 is 2.88. The van der Waals surface area contributed by atoms with Crippen LogP contribution in [0.3, 0.4) is 0 Å². The van der Waals surface area contributed by atoms with Gasteiger partial charge in [-0.2, -0.15) is 0 Å². The number of fused-ring (bicyclic) bond motifs is 3. The second kappa shape index (κ2) is 9.42. The molecule has 0 saturated carbocycles. The van der Waals surface area contributed by atoms with E-state index in [9.17, 15) is 9.59 Å². The van der Waals surface area contributed by atoms with Crippen LogP contribution in [0, 0.1) is 0 Å². The zero-order valence-corrected chi connectivity index (χ0v) is 20.4. The molecule has 2 amide bonds. The van der Waals surface area contributed by atoms with Crippen LogP contribution in [0.15, 0.2) is 41.5 Å². The lowest BCUT2D eigenvalue weighted by atomic mass is 9.72. The number of hydrazine groups is 1.